The predicted octanol–water partition coefficient (Wildman–Crippen LogP) is 3.71. The molecule has 0 aliphatic carbocycles. The van der Waals surface area contributed by atoms with E-state index in [1.165, 1.54) is 11.3 Å². The Morgan fingerprint density at radius 1 is 1.42 bits per heavy atom. The van der Waals surface area contributed by atoms with Crippen molar-refractivity contribution in [2.75, 3.05) is 11.1 Å². The molecule has 1 aliphatic heterocycles. The Labute approximate surface area is 153 Å². The van der Waals surface area contributed by atoms with Gasteiger partial charge in [-0.25, -0.2) is 4.98 Å². The second-order valence-corrected chi connectivity index (χ2v) is 8.74. The van der Waals surface area contributed by atoms with Gasteiger partial charge in [0.25, 0.3) is 0 Å². The minimum Gasteiger partial charge on any atom is -0.318 e. The molecule has 1 fully saturated rings. The van der Waals surface area contributed by atoms with Gasteiger partial charge in [0, 0.05) is 21.7 Å². The SMILES string of the molecule is CC1(C)SCC(C(=O)Nc2nc(-c3ccc(Cl)cc3)cs2)N1C=O. The normalized spacial score (nSPS) is 19.3. The molecule has 126 valence electrons. The number of benzene rings is 1. The van der Waals surface area contributed by atoms with Gasteiger partial charge in [0.15, 0.2) is 5.13 Å². The highest BCUT2D eigenvalue weighted by Crippen LogP contribution is 2.38. The molecule has 1 N–H and O–H groups in total. The number of hydrogen-bond donors (Lipinski definition) is 1. The van der Waals surface area contributed by atoms with Crippen LogP contribution >= 0.6 is 34.7 Å². The number of aromatic nitrogens is 1. The number of nitrogens with zero attached hydrogens (tertiary/aromatic N) is 2. The van der Waals surface area contributed by atoms with Crippen LogP contribution in [0.1, 0.15) is 13.8 Å². The number of thioether (sulfide) groups is 1. The summed E-state index contributed by atoms with van der Waals surface area (Å²) in [4.78, 5) is 29.4. The fourth-order valence-corrected chi connectivity index (χ4v) is 4.53. The lowest BCUT2D eigenvalue weighted by atomic mass is 10.2. The van der Waals surface area contributed by atoms with Crippen molar-refractivity contribution >= 4 is 52.1 Å². The largest absolute Gasteiger partial charge is 0.318 e. The van der Waals surface area contributed by atoms with Crippen LogP contribution in [-0.2, 0) is 9.59 Å². The molecular formula is C16H16ClN3O2S2. The third-order valence-electron chi connectivity index (χ3n) is 3.84. The van der Waals surface area contributed by atoms with Crippen molar-refractivity contribution in [2.45, 2.75) is 24.8 Å². The van der Waals surface area contributed by atoms with E-state index in [2.05, 4.69) is 10.3 Å². The first-order valence-corrected chi connectivity index (χ1v) is 9.55. The molecule has 0 bridgehead atoms. The van der Waals surface area contributed by atoms with Crippen LogP contribution in [0.25, 0.3) is 11.3 Å². The van der Waals surface area contributed by atoms with E-state index >= 15 is 0 Å². The van der Waals surface area contributed by atoms with E-state index in [1.807, 2.05) is 31.4 Å². The zero-order chi connectivity index (χ0) is 17.3. The first kappa shape index (κ1) is 17.3. The van der Waals surface area contributed by atoms with Gasteiger partial charge < -0.3 is 10.2 Å². The lowest BCUT2D eigenvalue weighted by molar-refractivity contribution is -0.130. The molecule has 1 atom stereocenters. The molecular weight excluding hydrogens is 366 g/mol. The van der Waals surface area contributed by atoms with Crippen LogP contribution in [0.2, 0.25) is 5.02 Å². The molecule has 3 rings (SSSR count). The molecule has 0 saturated carbocycles. The molecule has 1 aromatic carbocycles. The van der Waals surface area contributed by atoms with Gasteiger partial charge in [0.1, 0.15) is 6.04 Å². The van der Waals surface area contributed by atoms with E-state index in [0.717, 1.165) is 17.7 Å². The highest BCUT2D eigenvalue weighted by molar-refractivity contribution is 8.00. The Morgan fingerprint density at radius 3 is 2.79 bits per heavy atom. The summed E-state index contributed by atoms with van der Waals surface area (Å²) in [6.45, 7) is 3.86. The minimum absolute atomic E-state index is 0.211. The maximum atomic E-state index is 12.5. The van der Waals surface area contributed by atoms with Crippen molar-refractivity contribution in [1.29, 1.82) is 0 Å². The number of amides is 2. The van der Waals surface area contributed by atoms with Gasteiger partial charge in [-0.3, -0.25) is 9.59 Å². The van der Waals surface area contributed by atoms with Crippen molar-refractivity contribution in [3.8, 4) is 11.3 Å². The Bertz CT molecular complexity index is 761. The second kappa shape index (κ2) is 6.74. The molecule has 0 radical (unpaired) electrons. The average Bonchev–Trinajstić information content (AvgIpc) is 3.11. The van der Waals surface area contributed by atoms with E-state index < -0.39 is 6.04 Å². The zero-order valence-electron chi connectivity index (χ0n) is 13.2. The van der Waals surface area contributed by atoms with Gasteiger partial charge in [-0.15, -0.1) is 23.1 Å². The molecule has 1 aliphatic rings. The predicted molar refractivity (Wildman–Crippen MR) is 99.4 cm³/mol. The summed E-state index contributed by atoms with van der Waals surface area (Å²) in [5.74, 6) is 0.365. The van der Waals surface area contributed by atoms with E-state index in [0.29, 0.717) is 15.9 Å². The van der Waals surface area contributed by atoms with Gasteiger partial charge in [-0.1, -0.05) is 23.7 Å². The molecule has 1 aromatic heterocycles. The summed E-state index contributed by atoms with van der Waals surface area (Å²) in [5, 5.41) is 5.88. The summed E-state index contributed by atoms with van der Waals surface area (Å²) in [6, 6.07) is 6.88. The molecule has 2 heterocycles. The molecule has 8 heteroatoms. The fourth-order valence-electron chi connectivity index (χ4n) is 2.49. The Hall–Kier alpha value is -1.57. The average molecular weight is 382 g/mol. The second-order valence-electron chi connectivity index (χ2n) is 5.82. The lowest BCUT2D eigenvalue weighted by Gasteiger charge is -2.29. The number of halogens is 1. The summed E-state index contributed by atoms with van der Waals surface area (Å²) in [7, 11) is 0. The van der Waals surface area contributed by atoms with Crippen molar-refractivity contribution in [3.05, 3.63) is 34.7 Å². The number of thiazole rings is 1. The van der Waals surface area contributed by atoms with Crippen LogP contribution in [0, 0.1) is 0 Å². The van der Waals surface area contributed by atoms with Crippen LogP contribution < -0.4 is 5.32 Å². The molecule has 0 spiro atoms. The van der Waals surface area contributed by atoms with Gasteiger partial charge in [-0.05, 0) is 26.0 Å². The van der Waals surface area contributed by atoms with Crippen molar-refractivity contribution in [3.63, 3.8) is 0 Å². The van der Waals surface area contributed by atoms with Crippen LogP contribution in [0.3, 0.4) is 0 Å². The van der Waals surface area contributed by atoms with E-state index in [4.69, 9.17) is 11.6 Å². The number of hydrogen-bond acceptors (Lipinski definition) is 5. The molecule has 2 aromatic rings. The Balaban J connectivity index is 1.72. The van der Waals surface area contributed by atoms with Crippen molar-refractivity contribution in [1.82, 2.24) is 9.88 Å². The van der Waals surface area contributed by atoms with Crippen LogP contribution in [0.4, 0.5) is 5.13 Å². The first-order chi connectivity index (χ1) is 11.4. The maximum absolute atomic E-state index is 12.5. The molecule has 2 amide bonds. The van der Waals surface area contributed by atoms with Gasteiger partial charge in [0.05, 0.1) is 10.6 Å². The number of nitrogens with one attached hydrogen (secondary N) is 1. The van der Waals surface area contributed by atoms with Gasteiger partial charge in [0.2, 0.25) is 12.3 Å². The molecule has 24 heavy (non-hydrogen) atoms. The third-order valence-corrected chi connectivity index (χ3v) is 6.25. The van der Waals surface area contributed by atoms with Gasteiger partial charge >= 0.3 is 0 Å². The number of carbonyl (C=O) groups is 2. The molecule has 1 unspecified atom stereocenters. The Kier molecular flexibility index (Phi) is 4.85. The van der Waals surface area contributed by atoms with Crippen LogP contribution in [-0.4, -0.2) is 38.9 Å². The Morgan fingerprint density at radius 2 is 2.12 bits per heavy atom. The summed E-state index contributed by atoms with van der Waals surface area (Å²) in [5.41, 5.74) is 1.71. The number of rotatable bonds is 4. The summed E-state index contributed by atoms with van der Waals surface area (Å²) in [6.07, 6.45) is 0.741. The van der Waals surface area contributed by atoms with Crippen LogP contribution in [0.5, 0.6) is 0 Å². The maximum Gasteiger partial charge on any atom is 0.249 e. The van der Waals surface area contributed by atoms with Crippen molar-refractivity contribution in [2.24, 2.45) is 0 Å². The van der Waals surface area contributed by atoms with E-state index in [-0.39, 0.29) is 10.8 Å². The number of anilines is 1. The minimum atomic E-state index is -0.481. The highest BCUT2D eigenvalue weighted by atomic mass is 35.5. The van der Waals surface area contributed by atoms with E-state index in [9.17, 15) is 9.59 Å². The topological polar surface area (TPSA) is 62.3 Å². The third kappa shape index (κ3) is 3.43. The smallest absolute Gasteiger partial charge is 0.249 e. The standard InChI is InChI=1S/C16H16ClN3O2S2/c1-16(2)20(9-21)13(8-24-16)14(22)19-15-18-12(7-23-15)10-3-5-11(17)6-4-10/h3-7,9,13H,8H2,1-2H3,(H,18,19,22). The molecule has 5 nitrogen and oxygen atoms in total. The van der Waals surface area contributed by atoms with Gasteiger partial charge in [-0.2, -0.15) is 0 Å². The molecule has 1 saturated heterocycles. The fraction of sp³-hybridized carbons (Fsp3) is 0.312. The first-order valence-electron chi connectivity index (χ1n) is 7.31. The zero-order valence-corrected chi connectivity index (χ0v) is 15.5. The number of carbonyl (C=O) groups excluding carboxylic acids is 2. The van der Waals surface area contributed by atoms with E-state index in [1.54, 1.807) is 28.8 Å². The monoisotopic (exact) mass is 381 g/mol. The highest BCUT2D eigenvalue weighted by Gasteiger charge is 2.43. The summed E-state index contributed by atoms with van der Waals surface area (Å²) >= 11 is 8.83. The van der Waals surface area contributed by atoms with Crippen molar-refractivity contribution < 1.29 is 9.59 Å². The lowest BCUT2D eigenvalue weighted by Crippen LogP contribution is -2.47. The summed E-state index contributed by atoms with van der Waals surface area (Å²) < 4.78 is 0. The van der Waals surface area contributed by atoms with Crippen LogP contribution in [0.15, 0.2) is 29.6 Å². The quantitative estimate of drug-likeness (QED) is 0.820.